The molecule has 0 atom stereocenters. The number of halogens is 1. The highest BCUT2D eigenvalue weighted by molar-refractivity contribution is 9.10. The zero-order chi connectivity index (χ0) is 9.84. The van der Waals surface area contributed by atoms with E-state index in [0.717, 1.165) is 0 Å². The Kier molecular flexibility index (Phi) is 3.53. The summed E-state index contributed by atoms with van der Waals surface area (Å²) in [5.74, 6) is 0.571. The van der Waals surface area contributed by atoms with Gasteiger partial charge in [-0.2, -0.15) is 0 Å². The SMILES string of the molecule is COc1cc(CO)c(Br)cc1OO. The first-order valence-corrected chi connectivity index (χ1v) is 4.31. The molecule has 0 fully saturated rings. The summed E-state index contributed by atoms with van der Waals surface area (Å²) in [6.45, 7) is -0.108. The molecule has 0 bridgehead atoms. The van der Waals surface area contributed by atoms with Crippen molar-refractivity contribution in [1.29, 1.82) is 0 Å². The van der Waals surface area contributed by atoms with Gasteiger partial charge in [-0.1, -0.05) is 15.9 Å². The molecule has 0 saturated carbocycles. The molecule has 5 heteroatoms. The highest BCUT2D eigenvalue weighted by Gasteiger charge is 2.09. The van der Waals surface area contributed by atoms with Crippen LogP contribution < -0.4 is 9.62 Å². The smallest absolute Gasteiger partial charge is 0.207 e. The largest absolute Gasteiger partial charge is 0.493 e. The van der Waals surface area contributed by atoms with Crippen molar-refractivity contribution in [3.8, 4) is 11.5 Å². The number of aliphatic hydroxyl groups is 1. The highest BCUT2D eigenvalue weighted by atomic mass is 79.9. The van der Waals surface area contributed by atoms with Gasteiger partial charge < -0.3 is 14.7 Å². The molecule has 0 spiro atoms. The predicted octanol–water partition coefficient (Wildman–Crippen LogP) is 1.80. The van der Waals surface area contributed by atoms with E-state index in [-0.39, 0.29) is 12.4 Å². The standard InChI is InChI=1S/C8H9BrO4/c1-12-7-2-5(4-10)6(9)3-8(7)13-11/h2-3,10-11H,4H2,1H3. The van der Waals surface area contributed by atoms with Crippen LogP contribution in [-0.2, 0) is 6.61 Å². The fraction of sp³-hybridized carbons (Fsp3) is 0.250. The molecule has 1 rings (SSSR count). The van der Waals surface area contributed by atoms with Crippen LogP contribution in [0.25, 0.3) is 0 Å². The molecule has 0 heterocycles. The van der Waals surface area contributed by atoms with E-state index in [1.165, 1.54) is 13.2 Å². The van der Waals surface area contributed by atoms with Crippen molar-refractivity contribution in [2.45, 2.75) is 6.61 Å². The number of hydrogen-bond donors (Lipinski definition) is 2. The van der Waals surface area contributed by atoms with E-state index >= 15 is 0 Å². The molecule has 2 N–H and O–H groups in total. The summed E-state index contributed by atoms with van der Waals surface area (Å²) < 4.78 is 5.57. The Morgan fingerprint density at radius 2 is 2.08 bits per heavy atom. The molecule has 0 aliphatic carbocycles. The Bertz CT molecular complexity index is 300. The van der Waals surface area contributed by atoms with Gasteiger partial charge in [-0.15, -0.1) is 0 Å². The number of rotatable bonds is 3. The Labute approximate surface area is 83.8 Å². The predicted molar refractivity (Wildman–Crippen MR) is 49.9 cm³/mol. The quantitative estimate of drug-likeness (QED) is 0.633. The maximum Gasteiger partial charge on any atom is 0.207 e. The van der Waals surface area contributed by atoms with E-state index in [1.807, 2.05) is 0 Å². The zero-order valence-corrected chi connectivity index (χ0v) is 8.54. The van der Waals surface area contributed by atoms with Crippen LogP contribution in [0.15, 0.2) is 16.6 Å². The van der Waals surface area contributed by atoms with Crippen LogP contribution >= 0.6 is 15.9 Å². The third kappa shape index (κ3) is 2.12. The molecule has 0 aliphatic rings. The number of methoxy groups -OCH3 is 1. The summed E-state index contributed by atoms with van der Waals surface area (Å²) in [5, 5.41) is 17.4. The van der Waals surface area contributed by atoms with E-state index in [2.05, 4.69) is 20.8 Å². The van der Waals surface area contributed by atoms with Crippen LogP contribution in [0.4, 0.5) is 0 Å². The minimum absolute atomic E-state index is 0.108. The first kappa shape index (κ1) is 10.3. The lowest BCUT2D eigenvalue weighted by molar-refractivity contribution is -0.139. The van der Waals surface area contributed by atoms with Crippen LogP contribution in [0.3, 0.4) is 0 Å². The lowest BCUT2D eigenvalue weighted by Crippen LogP contribution is -1.94. The van der Waals surface area contributed by atoms with Gasteiger partial charge in [-0.3, -0.25) is 0 Å². The first-order chi connectivity index (χ1) is 6.22. The molecule has 1 aromatic carbocycles. The molecular weight excluding hydrogens is 240 g/mol. The normalized spacial score (nSPS) is 9.85. The van der Waals surface area contributed by atoms with Gasteiger partial charge in [0.25, 0.3) is 0 Å². The maximum atomic E-state index is 8.91. The molecule has 0 aliphatic heterocycles. The number of benzene rings is 1. The van der Waals surface area contributed by atoms with E-state index in [0.29, 0.717) is 15.8 Å². The molecule has 72 valence electrons. The number of hydrogen-bond acceptors (Lipinski definition) is 4. The van der Waals surface area contributed by atoms with Crippen molar-refractivity contribution < 1.29 is 20.0 Å². The van der Waals surface area contributed by atoms with Gasteiger partial charge in [0.05, 0.1) is 13.7 Å². The Morgan fingerprint density at radius 3 is 2.54 bits per heavy atom. The maximum absolute atomic E-state index is 8.91. The van der Waals surface area contributed by atoms with Gasteiger partial charge in [0.2, 0.25) is 5.75 Å². The summed E-state index contributed by atoms with van der Waals surface area (Å²) in [6.07, 6.45) is 0. The minimum Gasteiger partial charge on any atom is -0.493 e. The van der Waals surface area contributed by atoms with Crippen LogP contribution in [0.2, 0.25) is 0 Å². The second-order valence-corrected chi connectivity index (χ2v) is 3.20. The summed E-state index contributed by atoms with van der Waals surface area (Å²) >= 11 is 3.20. The minimum atomic E-state index is -0.108. The van der Waals surface area contributed by atoms with E-state index in [9.17, 15) is 0 Å². The fourth-order valence-electron chi connectivity index (χ4n) is 0.929. The van der Waals surface area contributed by atoms with Gasteiger partial charge in [-0.05, 0) is 11.6 Å². The second kappa shape index (κ2) is 4.45. The van der Waals surface area contributed by atoms with Crippen molar-refractivity contribution in [3.05, 3.63) is 22.2 Å². The molecule has 0 amide bonds. The highest BCUT2D eigenvalue weighted by Crippen LogP contribution is 2.32. The van der Waals surface area contributed by atoms with Gasteiger partial charge in [0, 0.05) is 10.5 Å². The molecule has 4 nitrogen and oxygen atoms in total. The average molecular weight is 249 g/mol. The zero-order valence-electron chi connectivity index (χ0n) is 6.95. The average Bonchev–Trinajstić information content (AvgIpc) is 2.17. The Hall–Kier alpha value is -0.780. The summed E-state index contributed by atoms with van der Waals surface area (Å²) in [7, 11) is 1.45. The topological polar surface area (TPSA) is 58.9 Å². The van der Waals surface area contributed by atoms with E-state index in [4.69, 9.17) is 15.1 Å². The van der Waals surface area contributed by atoms with Crippen molar-refractivity contribution in [2.24, 2.45) is 0 Å². The van der Waals surface area contributed by atoms with Crippen molar-refractivity contribution in [2.75, 3.05) is 7.11 Å². The summed E-state index contributed by atoms with van der Waals surface area (Å²) in [4.78, 5) is 4.08. The summed E-state index contributed by atoms with van der Waals surface area (Å²) in [5.41, 5.74) is 0.664. The Morgan fingerprint density at radius 1 is 1.38 bits per heavy atom. The van der Waals surface area contributed by atoms with Crippen LogP contribution in [0.1, 0.15) is 5.56 Å². The van der Waals surface area contributed by atoms with Crippen molar-refractivity contribution in [1.82, 2.24) is 0 Å². The third-order valence-electron chi connectivity index (χ3n) is 1.60. The Balaban J connectivity index is 3.18. The fourth-order valence-corrected chi connectivity index (χ4v) is 1.38. The van der Waals surface area contributed by atoms with E-state index < -0.39 is 0 Å². The van der Waals surface area contributed by atoms with Gasteiger partial charge in [-0.25, -0.2) is 5.26 Å². The van der Waals surface area contributed by atoms with Crippen LogP contribution in [0.5, 0.6) is 11.5 Å². The molecule has 0 radical (unpaired) electrons. The van der Waals surface area contributed by atoms with Gasteiger partial charge >= 0.3 is 0 Å². The van der Waals surface area contributed by atoms with Gasteiger partial charge in [0.15, 0.2) is 5.75 Å². The molecule has 0 aromatic heterocycles. The van der Waals surface area contributed by atoms with E-state index in [1.54, 1.807) is 6.07 Å². The number of aliphatic hydroxyl groups excluding tert-OH is 1. The van der Waals surface area contributed by atoms with Crippen molar-refractivity contribution in [3.63, 3.8) is 0 Å². The summed E-state index contributed by atoms with van der Waals surface area (Å²) in [6, 6.07) is 3.10. The van der Waals surface area contributed by atoms with Crippen molar-refractivity contribution >= 4 is 15.9 Å². The van der Waals surface area contributed by atoms with Crippen LogP contribution in [0, 0.1) is 0 Å². The third-order valence-corrected chi connectivity index (χ3v) is 2.34. The van der Waals surface area contributed by atoms with Crippen LogP contribution in [-0.4, -0.2) is 17.5 Å². The molecule has 0 unspecified atom stereocenters. The van der Waals surface area contributed by atoms with Gasteiger partial charge in [0.1, 0.15) is 0 Å². The first-order valence-electron chi connectivity index (χ1n) is 3.51. The molecule has 0 saturated heterocycles. The molecular formula is C8H9BrO4. The lowest BCUT2D eigenvalue weighted by atomic mass is 10.2. The monoisotopic (exact) mass is 248 g/mol. The molecule has 13 heavy (non-hydrogen) atoms. The lowest BCUT2D eigenvalue weighted by Gasteiger charge is -2.08. The number of ether oxygens (including phenoxy) is 1. The second-order valence-electron chi connectivity index (χ2n) is 2.34. The molecule has 1 aromatic rings.